The number of carbonyl (C=O) groups is 1. The maximum atomic E-state index is 13.0. The van der Waals surface area contributed by atoms with Crippen molar-refractivity contribution in [1.29, 1.82) is 0 Å². The minimum absolute atomic E-state index is 0.0407. The number of benzene rings is 2. The number of hydrogen-bond donors (Lipinski definition) is 1. The minimum Gasteiger partial charge on any atom is -0.353 e. The molecule has 2 aliphatic rings. The SMILES string of the molecule is CC[C@H](C(=O)N[C@H]1CC[C@@H]2CN([C@@H](C)c3ccccc3)C[C@@H]21)c1ccccc1. The number of fused-ring (bicyclic) bond motifs is 1. The largest absolute Gasteiger partial charge is 0.353 e. The van der Waals surface area contributed by atoms with Crippen molar-refractivity contribution in [3.8, 4) is 0 Å². The van der Waals surface area contributed by atoms with Gasteiger partial charge in [-0.3, -0.25) is 9.69 Å². The van der Waals surface area contributed by atoms with Crippen LogP contribution in [-0.4, -0.2) is 29.9 Å². The summed E-state index contributed by atoms with van der Waals surface area (Å²) in [5.41, 5.74) is 2.51. The Morgan fingerprint density at radius 1 is 1.00 bits per heavy atom. The van der Waals surface area contributed by atoms with E-state index < -0.39 is 0 Å². The highest BCUT2D eigenvalue weighted by Gasteiger charge is 2.44. The fraction of sp³-hybridized carbons (Fsp3) is 0.480. The molecule has 2 fully saturated rings. The molecule has 5 atom stereocenters. The van der Waals surface area contributed by atoms with Gasteiger partial charge in [0.2, 0.25) is 5.91 Å². The molecule has 0 bridgehead atoms. The molecule has 1 N–H and O–H groups in total. The van der Waals surface area contributed by atoms with Crippen molar-refractivity contribution in [2.45, 2.75) is 51.1 Å². The molecular weight excluding hydrogens is 344 g/mol. The molecule has 2 aromatic carbocycles. The summed E-state index contributed by atoms with van der Waals surface area (Å²) in [5, 5.41) is 3.43. The summed E-state index contributed by atoms with van der Waals surface area (Å²) >= 11 is 0. The fourth-order valence-electron chi connectivity index (χ4n) is 5.28. The Labute approximate surface area is 169 Å². The number of carbonyl (C=O) groups excluding carboxylic acids is 1. The molecule has 0 unspecified atom stereocenters. The van der Waals surface area contributed by atoms with Crippen LogP contribution in [0.3, 0.4) is 0 Å². The Balaban J connectivity index is 1.40. The van der Waals surface area contributed by atoms with E-state index >= 15 is 0 Å². The van der Waals surface area contributed by atoms with Crippen LogP contribution in [0.5, 0.6) is 0 Å². The maximum Gasteiger partial charge on any atom is 0.227 e. The van der Waals surface area contributed by atoms with E-state index in [1.807, 2.05) is 18.2 Å². The molecule has 1 aliphatic heterocycles. The molecule has 1 heterocycles. The van der Waals surface area contributed by atoms with Gasteiger partial charge in [-0.05, 0) is 49.1 Å². The van der Waals surface area contributed by atoms with Crippen LogP contribution in [0.4, 0.5) is 0 Å². The highest BCUT2D eigenvalue weighted by molar-refractivity contribution is 5.83. The lowest BCUT2D eigenvalue weighted by Gasteiger charge is -2.27. The van der Waals surface area contributed by atoms with Crippen LogP contribution in [-0.2, 0) is 4.79 Å². The number of nitrogens with zero attached hydrogens (tertiary/aromatic N) is 1. The van der Waals surface area contributed by atoms with Gasteiger partial charge in [0.15, 0.2) is 0 Å². The minimum atomic E-state index is -0.0407. The predicted octanol–water partition coefficient (Wildman–Crippen LogP) is 4.77. The van der Waals surface area contributed by atoms with E-state index in [-0.39, 0.29) is 11.8 Å². The Kier molecular flexibility index (Phi) is 5.82. The fourth-order valence-corrected chi connectivity index (χ4v) is 5.28. The standard InChI is InChI=1S/C25H32N2O/c1-3-22(20-12-8-5-9-13-20)25(28)26-24-15-14-21-16-27(17-23(21)24)18(2)19-10-6-4-7-11-19/h4-13,18,21-24H,3,14-17H2,1-2H3,(H,26,28)/t18-,21+,22-,23-,24-/m0/s1. The highest BCUT2D eigenvalue weighted by atomic mass is 16.1. The number of hydrogen-bond acceptors (Lipinski definition) is 2. The van der Waals surface area contributed by atoms with Gasteiger partial charge >= 0.3 is 0 Å². The topological polar surface area (TPSA) is 32.3 Å². The Morgan fingerprint density at radius 2 is 1.64 bits per heavy atom. The summed E-state index contributed by atoms with van der Waals surface area (Å²) in [6.45, 7) is 6.66. The molecule has 28 heavy (non-hydrogen) atoms. The molecule has 1 aliphatic carbocycles. The van der Waals surface area contributed by atoms with Gasteiger partial charge in [-0.15, -0.1) is 0 Å². The summed E-state index contributed by atoms with van der Waals surface area (Å²) in [6.07, 6.45) is 3.20. The Bertz CT molecular complexity index is 776. The molecule has 0 radical (unpaired) electrons. The first-order chi connectivity index (χ1) is 13.7. The zero-order chi connectivity index (χ0) is 19.5. The molecule has 1 saturated carbocycles. The predicted molar refractivity (Wildman–Crippen MR) is 114 cm³/mol. The van der Waals surface area contributed by atoms with Crippen LogP contribution in [0.2, 0.25) is 0 Å². The lowest BCUT2D eigenvalue weighted by atomic mass is 9.93. The van der Waals surface area contributed by atoms with Crippen LogP contribution in [0.25, 0.3) is 0 Å². The van der Waals surface area contributed by atoms with Crippen LogP contribution in [0.1, 0.15) is 56.2 Å². The van der Waals surface area contributed by atoms with Crippen molar-refractivity contribution in [2.24, 2.45) is 11.8 Å². The van der Waals surface area contributed by atoms with Crippen LogP contribution in [0, 0.1) is 11.8 Å². The summed E-state index contributed by atoms with van der Waals surface area (Å²) in [7, 11) is 0. The first kappa shape index (κ1) is 19.2. The van der Waals surface area contributed by atoms with E-state index in [4.69, 9.17) is 0 Å². The third-order valence-corrected chi connectivity index (χ3v) is 6.97. The van der Waals surface area contributed by atoms with Gasteiger partial charge in [-0.2, -0.15) is 0 Å². The molecule has 0 aromatic heterocycles. The molecule has 2 aromatic rings. The quantitative estimate of drug-likeness (QED) is 0.788. The average Bonchev–Trinajstić information content (AvgIpc) is 3.31. The van der Waals surface area contributed by atoms with E-state index in [0.717, 1.165) is 31.5 Å². The highest BCUT2D eigenvalue weighted by Crippen LogP contribution is 2.41. The molecule has 1 saturated heterocycles. The molecular formula is C25H32N2O. The normalized spacial score (nSPS) is 26.6. The van der Waals surface area contributed by atoms with Crippen LogP contribution >= 0.6 is 0 Å². The zero-order valence-electron chi connectivity index (χ0n) is 17.1. The van der Waals surface area contributed by atoms with Gasteiger partial charge < -0.3 is 5.32 Å². The summed E-state index contributed by atoms with van der Waals surface area (Å²) in [5.74, 6) is 1.46. The second-order valence-electron chi connectivity index (χ2n) is 8.53. The first-order valence-corrected chi connectivity index (χ1v) is 10.8. The molecule has 3 nitrogen and oxygen atoms in total. The Hall–Kier alpha value is -2.13. The Morgan fingerprint density at radius 3 is 2.29 bits per heavy atom. The van der Waals surface area contributed by atoms with Gasteiger partial charge in [0.25, 0.3) is 0 Å². The summed E-state index contributed by atoms with van der Waals surface area (Å²) in [6, 6.07) is 21.8. The van der Waals surface area contributed by atoms with Gasteiger partial charge in [-0.1, -0.05) is 67.6 Å². The zero-order valence-corrected chi connectivity index (χ0v) is 17.1. The van der Waals surface area contributed by atoms with Gasteiger partial charge in [0.05, 0.1) is 5.92 Å². The maximum absolute atomic E-state index is 13.0. The van der Waals surface area contributed by atoms with Gasteiger partial charge in [0.1, 0.15) is 0 Å². The van der Waals surface area contributed by atoms with Gasteiger partial charge in [0, 0.05) is 25.2 Å². The average molecular weight is 377 g/mol. The first-order valence-electron chi connectivity index (χ1n) is 10.8. The number of nitrogens with one attached hydrogen (secondary N) is 1. The number of rotatable bonds is 6. The molecule has 1 amide bonds. The van der Waals surface area contributed by atoms with E-state index in [9.17, 15) is 4.79 Å². The van der Waals surface area contributed by atoms with Crippen LogP contribution in [0.15, 0.2) is 60.7 Å². The van der Waals surface area contributed by atoms with E-state index in [1.54, 1.807) is 0 Å². The molecule has 4 rings (SSSR count). The van der Waals surface area contributed by atoms with Crippen molar-refractivity contribution >= 4 is 5.91 Å². The summed E-state index contributed by atoms with van der Waals surface area (Å²) in [4.78, 5) is 15.6. The second-order valence-corrected chi connectivity index (χ2v) is 8.53. The van der Waals surface area contributed by atoms with Crippen molar-refractivity contribution in [3.05, 3.63) is 71.8 Å². The second kappa shape index (κ2) is 8.48. The van der Waals surface area contributed by atoms with Crippen LogP contribution < -0.4 is 5.32 Å². The lowest BCUT2D eigenvalue weighted by Crippen LogP contribution is -2.42. The van der Waals surface area contributed by atoms with Crippen molar-refractivity contribution < 1.29 is 4.79 Å². The van der Waals surface area contributed by atoms with Gasteiger partial charge in [-0.25, -0.2) is 0 Å². The molecule has 148 valence electrons. The lowest BCUT2D eigenvalue weighted by molar-refractivity contribution is -0.123. The van der Waals surface area contributed by atoms with Crippen molar-refractivity contribution in [2.75, 3.05) is 13.1 Å². The molecule has 3 heteroatoms. The van der Waals surface area contributed by atoms with E-state index in [2.05, 4.69) is 66.5 Å². The number of amides is 1. The molecule has 0 spiro atoms. The van der Waals surface area contributed by atoms with Crippen molar-refractivity contribution in [3.63, 3.8) is 0 Å². The van der Waals surface area contributed by atoms with Crippen molar-refractivity contribution in [1.82, 2.24) is 10.2 Å². The number of likely N-dealkylation sites (tertiary alicyclic amines) is 1. The smallest absolute Gasteiger partial charge is 0.227 e. The third kappa shape index (κ3) is 3.86. The summed E-state index contributed by atoms with van der Waals surface area (Å²) < 4.78 is 0. The van der Waals surface area contributed by atoms with E-state index in [1.165, 1.54) is 12.0 Å². The monoisotopic (exact) mass is 376 g/mol. The van der Waals surface area contributed by atoms with E-state index in [0.29, 0.717) is 23.9 Å². The third-order valence-electron chi connectivity index (χ3n) is 6.97.